The zero-order valence-corrected chi connectivity index (χ0v) is 10.7. The average Bonchev–Trinajstić information content (AvgIpc) is 2.81. The Morgan fingerprint density at radius 2 is 2.16 bits per heavy atom. The van der Waals surface area contributed by atoms with Gasteiger partial charge in [0.25, 0.3) is 0 Å². The van der Waals surface area contributed by atoms with Gasteiger partial charge in [0.2, 0.25) is 0 Å². The number of methoxy groups -OCH3 is 1. The largest absolute Gasteiger partial charge is 0.465 e. The maximum atomic E-state index is 13.2. The smallest absolute Gasteiger partial charge is 0.339 e. The highest BCUT2D eigenvalue weighted by atomic mass is 19.1. The Morgan fingerprint density at radius 1 is 1.37 bits per heavy atom. The average molecular weight is 263 g/mol. The minimum Gasteiger partial charge on any atom is -0.465 e. The van der Waals surface area contributed by atoms with Crippen LogP contribution >= 0.6 is 0 Å². The molecule has 2 rings (SSSR count). The lowest BCUT2D eigenvalue weighted by molar-refractivity contribution is 0.0601. The lowest BCUT2D eigenvalue weighted by Gasteiger charge is -2.09. The van der Waals surface area contributed by atoms with E-state index in [0.717, 1.165) is 5.76 Å². The van der Waals surface area contributed by atoms with Crippen molar-refractivity contribution in [1.82, 2.24) is 0 Å². The molecule has 0 bridgehead atoms. The highest BCUT2D eigenvalue weighted by Gasteiger charge is 2.12. The fourth-order valence-electron chi connectivity index (χ4n) is 1.71. The molecule has 0 aliphatic rings. The van der Waals surface area contributed by atoms with E-state index in [0.29, 0.717) is 18.0 Å². The number of furan rings is 1. The van der Waals surface area contributed by atoms with Crippen LogP contribution in [0, 0.1) is 12.7 Å². The first-order valence-electron chi connectivity index (χ1n) is 5.77. The van der Waals surface area contributed by atoms with Crippen LogP contribution in [0.2, 0.25) is 0 Å². The number of halogens is 1. The van der Waals surface area contributed by atoms with E-state index in [1.165, 1.54) is 25.3 Å². The highest BCUT2D eigenvalue weighted by molar-refractivity contribution is 5.95. The Hall–Kier alpha value is -2.30. The summed E-state index contributed by atoms with van der Waals surface area (Å²) in [5.41, 5.74) is 0.660. The van der Waals surface area contributed by atoms with E-state index in [4.69, 9.17) is 4.42 Å². The number of esters is 1. The van der Waals surface area contributed by atoms with Gasteiger partial charge >= 0.3 is 5.97 Å². The van der Waals surface area contributed by atoms with Crippen molar-refractivity contribution in [1.29, 1.82) is 0 Å². The van der Waals surface area contributed by atoms with Gasteiger partial charge in [0.15, 0.2) is 0 Å². The lowest BCUT2D eigenvalue weighted by atomic mass is 10.1. The Labute approximate surface area is 110 Å². The second-order valence-electron chi connectivity index (χ2n) is 4.05. The molecule has 2 aromatic rings. The monoisotopic (exact) mass is 263 g/mol. The first-order chi connectivity index (χ1) is 9.10. The van der Waals surface area contributed by atoms with E-state index in [9.17, 15) is 9.18 Å². The molecule has 0 saturated heterocycles. The molecule has 0 atom stereocenters. The Morgan fingerprint density at radius 3 is 2.79 bits per heavy atom. The summed E-state index contributed by atoms with van der Waals surface area (Å²) in [4.78, 5) is 11.6. The summed E-state index contributed by atoms with van der Waals surface area (Å²) in [6, 6.07) is 7.51. The van der Waals surface area contributed by atoms with Gasteiger partial charge in [0.05, 0.1) is 24.9 Å². The van der Waals surface area contributed by atoms with Crippen LogP contribution in [0.3, 0.4) is 0 Å². The van der Waals surface area contributed by atoms with Crippen molar-refractivity contribution in [3.8, 4) is 0 Å². The number of ether oxygens (including phenoxy) is 1. The van der Waals surface area contributed by atoms with Crippen LogP contribution in [0.1, 0.15) is 21.9 Å². The summed E-state index contributed by atoms with van der Waals surface area (Å²) < 4.78 is 23.3. The van der Waals surface area contributed by atoms with E-state index in [1.807, 2.05) is 19.1 Å². The first kappa shape index (κ1) is 13.1. The lowest BCUT2D eigenvalue weighted by Crippen LogP contribution is -2.08. The van der Waals surface area contributed by atoms with Crippen molar-refractivity contribution in [2.45, 2.75) is 13.5 Å². The summed E-state index contributed by atoms with van der Waals surface area (Å²) in [6.07, 6.45) is 0. The van der Waals surface area contributed by atoms with Gasteiger partial charge < -0.3 is 14.5 Å². The van der Waals surface area contributed by atoms with Crippen LogP contribution in [0.5, 0.6) is 0 Å². The number of carbonyl (C=O) groups excluding carboxylic acids is 1. The van der Waals surface area contributed by atoms with Crippen LogP contribution in [0.15, 0.2) is 34.7 Å². The zero-order chi connectivity index (χ0) is 13.8. The van der Waals surface area contributed by atoms with E-state index in [-0.39, 0.29) is 5.56 Å². The van der Waals surface area contributed by atoms with Gasteiger partial charge in [-0.1, -0.05) is 0 Å². The summed E-state index contributed by atoms with van der Waals surface area (Å²) in [5.74, 6) is 0.561. The molecule has 0 spiro atoms. The van der Waals surface area contributed by atoms with Crippen LogP contribution in [-0.4, -0.2) is 13.1 Å². The molecule has 0 unspecified atom stereocenters. The number of hydrogen-bond acceptors (Lipinski definition) is 4. The Kier molecular flexibility index (Phi) is 3.85. The summed E-state index contributed by atoms with van der Waals surface area (Å²) in [5, 5.41) is 2.96. The Balaban J connectivity index is 2.18. The topological polar surface area (TPSA) is 51.5 Å². The first-order valence-corrected chi connectivity index (χ1v) is 5.77. The molecule has 0 radical (unpaired) electrons. The SMILES string of the molecule is COC(=O)c1ccc(F)cc1NCc1ccc(C)o1. The standard InChI is InChI=1S/C14H14FNO3/c1-9-3-5-11(19-9)8-16-13-7-10(15)4-6-12(13)14(17)18-2/h3-7,16H,8H2,1-2H3. The van der Waals surface area contributed by atoms with Gasteiger partial charge in [0.1, 0.15) is 17.3 Å². The summed E-state index contributed by atoms with van der Waals surface area (Å²) in [7, 11) is 1.28. The van der Waals surface area contributed by atoms with Crippen LogP contribution < -0.4 is 5.32 Å². The molecule has 1 heterocycles. The third kappa shape index (κ3) is 3.13. The van der Waals surface area contributed by atoms with Gasteiger partial charge in [-0.05, 0) is 37.3 Å². The molecule has 1 aromatic carbocycles. The minimum atomic E-state index is -0.516. The van der Waals surface area contributed by atoms with E-state index in [2.05, 4.69) is 10.1 Å². The van der Waals surface area contributed by atoms with E-state index in [1.54, 1.807) is 0 Å². The quantitative estimate of drug-likeness (QED) is 0.861. The third-order valence-corrected chi connectivity index (χ3v) is 2.64. The molecule has 19 heavy (non-hydrogen) atoms. The zero-order valence-electron chi connectivity index (χ0n) is 10.7. The maximum absolute atomic E-state index is 13.2. The Bertz CT molecular complexity index is 592. The molecule has 0 amide bonds. The molecular weight excluding hydrogens is 249 g/mol. The number of rotatable bonds is 4. The minimum absolute atomic E-state index is 0.284. The second-order valence-corrected chi connectivity index (χ2v) is 4.05. The molecule has 0 saturated carbocycles. The van der Waals surface area contributed by atoms with Crippen molar-refractivity contribution in [2.24, 2.45) is 0 Å². The van der Waals surface area contributed by atoms with Gasteiger partial charge in [-0.3, -0.25) is 0 Å². The second kappa shape index (κ2) is 5.56. The third-order valence-electron chi connectivity index (χ3n) is 2.64. The van der Waals surface area contributed by atoms with Crippen molar-refractivity contribution in [2.75, 3.05) is 12.4 Å². The molecule has 0 aliphatic carbocycles. The molecule has 1 N–H and O–H groups in total. The molecule has 0 aliphatic heterocycles. The van der Waals surface area contributed by atoms with Crippen LogP contribution in [0.4, 0.5) is 10.1 Å². The van der Waals surface area contributed by atoms with Crippen molar-refractivity contribution >= 4 is 11.7 Å². The number of hydrogen-bond donors (Lipinski definition) is 1. The summed E-state index contributed by atoms with van der Waals surface area (Å²) in [6.45, 7) is 2.20. The van der Waals surface area contributed by atoms with Crippen molar-refractivity contribution in [3.05, 3.63) is 53.2 Å². The van der Waals surface area contributed by atoms with Gasteiger partial charge in [-0.2, -0.15) is 0 Å². The highest BCUT2D eigenvalue weighted by Crippen LogP contribution is 2.19. The van der Waals surface area contributed by atoms with Crippen LogP contribution in [0.25, 0.3) is 0 Å². The normalized spacial score (nSPS) is 10.3. The fourth-order valence-corrected chi connectivity index (χ4v) is 1.71. The molecule has 4 nitrogen and oxygen atoms in total. The van der Waals surface area contributed by atoms with Gasteiger partial charge in [-0.15, -0.1) is 0 Å². The number of anilines is 1. The summed E-state index contributed by atoms with van der Waals surface area (Å²) >= 11 is 0. The predicted octanol–water partition coefficient (Wildman–Crippen LogP) is 3.13. The fraction of sp³-hybridized carbons (Fsp3) is 0.214. The molecule has 0 fully saturated rings. The molecule has 5 heteroatoms. The molecular formula is C14H14FNO3. The van der Waals surface area contributed by atoms with Crippen LogP contribution in [-0.2, 0) is 11.3 Å². The molecule has 1 aromatic heterocycles. The maximum Gasteiger partial charge on any atom is 0.339 e. The van der Waals surface area contributed by atoms with E-state index < -0.39 is 11.8 Å². The van der Waals surface area contributed by atoms with E-state index >= 15 is 0 Å². The number of carbonyl (C=O) groups is 1. The van der Waals surface area contributed by atoms with Gasteiger partial charge in [0, 0.05) is 0 Å². The number of benzene rings is 1. The number of aryl methyl sites for hydroxylation is 1. The predicted molar refractivity (Wildman–Crippen MR) is 68.5 cm³/mol. The number of nitrogens with one attached hydrogen (secondary N) is 1. The van der Waals surface area contributed by atoms with Crippen molar-refractivity contribution < 1.29 is 18.3 Å². The van der Waals surface area contributed by atoms with Crippen molar-refractivity contribution in [3.63, 3.8) is 0 Å². The van der Waals surface area contributed by atoms with Gasteiger partial charge in [-0.25, -0.2) is 9.18 Å². The molecule has 100 valence electrons.